The number of thioether (sulfide) groups is 1. The monoisotopic (exact) mass is 408 g/mol. The lowest BCUT2D eigenvalue weighted by atomic mass is 9.97. The summed E-state index contributed by atoms with van der Waals surface area (Å²) >= 11 is 2.43. The van der Waals surface area contributed by atoms with Crippen LogP contribution in [0.15, 0.2) is 20.0 Å². The predicted octanol–water partition coefficient (Wildman–Crippen LogP) is 1.78. The topological polar surface area (TPSA) is 131 Å². The molecule has 0 fully saturated rings. The lowest BCUT2D eigenvalue weighted by Crippen LogP contribution is -2.44. The number of nitrogens with one attached hydrogen (secondary N) is 1. The molecule has 0 aromatic carbocycles. The summed E-state index contributed by atoms with van der Waals surface area (Å²) in [5, 5.41) is 13.1. The molecule has 0 radical (unpaired) electrons. The second kappa shape index (κ2) is 7.96. The molecule has 3 heterocycles. The molecule has 1 aliphatic rings. The van der Waals surface area contributed by atoms with Gasteiger partial charge in [-0.3, -0.25) is 14.5 Å². The van der Waals surface area contributed by atoms with Gasteiger partial charge in [-0.15, -0.1) is 21.5 Å². The molecule has 0 saturated carbocycles. The highest BCUT2D eigenvalue weighted by atomic mass is 32.2. The molecule has 0 bridgehead atoms. The summed E-state index contributed by atoms with van der Waals surface area (Å²) in [5.41, 5.74) is 1.25. The van der Waals surface area contributed by atoms with E-state index in [9.17, 15) is 14.4 Å². The molecule has 12 heteroatoms. The number of anilines is 1. The molecule has 4 amide bonds. The Bertz CT molecular complexity index is 921. The van der Waals surface area contributed by atoms with E-state index < -0.39 is 11.9 Å². The zero-order valence-electron chi connectivity index (χ0n) is 14.8. The Morgan fingerprint density at radius 3 is 2.85 bits per heavy atom. The number of carbonyl (C=O) groups excluding carboxylic acids is 3. The van der Waals surface area contributed by atoms with Gasteiger partial charge in [-0.2, -0.15) is 0 Å². The predicted molar refractivity (Wildman–Crippen MR) is 99.0 cm³/mol. The van der Waals surface area contributed by atoms with Crippen LogP contribution in [0.25, 0.3) is 0 Å². The Hall–Kier alpha value is -2.60. The highest BCUT2D eigenvalue weighted by Crippen LogP contribution is 2.22. The van der Waals surface area contributed by atoms with Gasteiger partial charge in [0.25, 0.3) is 5.22 Å². The molecule has 2 aromatic rings. The number of hydrogen-bond acceptors (Lipinski definition) is 9. The van der Waals surface area contributed by atoms with E-state index in [1.54, 1.807) is 6.92 Å². The van der Waals surface area contributed by atoms with E-state index in [2.05, 4.69) is 25.5 Å². The summed E-state index contributed by atoms with van der Waals surface area (Å²) in [6, 6.07) is -0.586. The number of hydrogen-bond donors (Lipinski definition) is 1. The van der Waals surface area contributed by atoms with Crippen LogP contribution < -0.4 is 5.32 Å². The molecule has 27 heavy (non-hydrogen) atoms. The Balaban J connectivity index is 1.55. The Labute approximate surface area is 162 Å². The van der Waals surface area contributed by atoms with Crippen molar-refractivity contribution < 1.29 is 18.8 Å². The lowest BCUT2D eigenvalue weighted by Gasteiger charge is -2.24. The van der Waals surface area contributed by atoms with Gasteiger partial charge in [0, 0.05) is 24.6 Å². The van der Waals surface area contributed by atoms with Crippen molar-refractivity contribution in [1.29, 1.82) is 0 Å². The number of rotatable bonds is 6. The van der Waals surface area contributed by atoms with Gasteiger partial charge in [-0.05, 0) is 13.8 Å². The number of imide groups is 1. The zero-order valence-corrected chi connectivity index (χ0v) is 16.4. The van der Waals surface area contributed by atoms with Crippen molar-refractivity contribution in [3.63, 3.8) is 0 Å². The van der Waals surface area contributed by atoms with Crippen LogP contribution >= 0.6 is 23.1 Å². The minimum atomic E-state index is -0.623. The van der Waals surface area contributed by atoms with Crippen LogP contribution in [0, 0.1) is 12.8 Å². The van der Waals surface area contributed by atoms with Crippen molar-refractivity contribution in [2.24, 2.45) is 10.9 Å². The maximum Gasteiger partial charge on any atom is 0.349 e. The number of carbonyl (C=O) groups is 3. The molecule has 142 valence electrons. The average Bonchev–Trinajstić information content (AvgIpc) is 3.24. The van der Waals surface area contributed by atoms with E-state index in [1.165, 1.54) is 18.4 Å². The molecular weight excluding hydrogens is 392 g/mol. The first-order chi connectivity index (χ1) is 12.8. The maximum absolute atomic E-state index is 12.2. The normalized spacial score (nSPS) is 17.2. The molecule has 1 unspecified atom stereocenters. The van der Waals surface area contributed by atoms with Crippen molar-refractivity contribution in [3.8, 4) is 0 Å². The van der Waals surface area contributed by atoms with Crippen molar-refractivity contribution in [1.82, 2.24) is 20.1 Å². The first-order valence-corrected chi connectivity index (χ1v) is 9.74. The van der Waals surface area contributed by atoms with E-state index in [0.29, 0.717) is 10.8 Å². The number of urea groups is 1. The minimum Gasteiger partial charge on any atom is -0.416 e. The Kier molecular flexibility index (Phi) is 5.65. The number of amides is 4. The number of thiazole rings is 1. The Morgan fingerprint density at radius 1 is 1.37 bits per heavy atom. The summed E-state index contributed by atoms with van der Waals surface area (Å²) < 4.78 is 5.49. The van der Waals surface area contributed by atoms with Crippen molar-refractivity contribution >= 4 is 51.8 Å². The van der Waals surface area contributed by atoms with Crippen LogP contribution in [0.4, 0.5) is 9.93 Å². The third kappa shape index (κ3) is 4.57. The quantitative estimate of drug-likeness (QED) is 0.716. The van der Waals surface area contributed by atoms with Gasteiger partial charge < -0.3 is 9.73 Å². The standard InChI is InChI=1S/C15H16N6O4S2/c1-7-5-26-13(16-7)18-10(22)6-27-15-20-19-11(25-15)4-9-8(2)17-14(24)21(3)12(9)23/h5,9H,4,6H2,1-3H3,(H,16,18,22). The minimum absolute atomic E-state index is 0.0837. The molecule has 0 spiro atoms. The summed E-state index contributed by atoms with van der Waals surface area (Å²) in [6.45, 7) is 3.46. The fraction of sp³-hybridized carbons (Fsp3) is 0.400. The fourth-order valence-electron chi connectivity index (χ4n) is 2.29. The zero-order chi connectivity index (χ0) is 19.6. The van der Waals surface area contributed by atoms with Crippen LogP contribution in [-0.2, 0) is 16.0 Å². The van der Waals surface area contributed by atoms with Crippen molar-refractivity contribution in [2.45, 2.75) is 25.5 Å². The van der Waals surface area contributed by atoms with Crippen LogP contribution in [0.5, 0.6) is 0 Å². The third-order valence-corrected chi connectivity index (χ3v) is 5.41. The van der Waals surface area contributed by atoms with Gasteiger partial charge in [-0.25, -0.2) is 14.8 Å². The second-order valence-corrected chi connectivity index (χ2v) is 7.57. The van der Waals surface area contributed by atoms with Gasteiger partial charge in [-0.1, -0.05) is 11.8 Å². The third-order valence-electron chi connectivity index (χ3n) is 3.71. The molecule has 1 atom stereocenters. The summed E-state index contributed by atoms with van der Waals surface area (Å²) in [4.78, 5) is 44.6. The molecule has 0 aliphatic carbocycles. The molecular formula is C15H16N6O4S2. The Morgan fingerprint density at radius 2 is 2.15 bits per heavy atom. The second-order valence-electron chi connectivity index (χ2n) is 5.78. The molecule has 1 N–H and O–H groups in total. The smallest absolute Gasteiger partial charge is 0.349 e. The van der Waals surface area contributed by atoms with Crippen LogP contribution in [0.2, 0.25) is 0 Å². The summed E-state index contributed by atoms with van der Waals surface area (Å²) in [6.07, 6.45) is 0.143. The largest absolute Gasteiger partial charge is 0.416 e. The highest BCUT2D eigenvalue weighted by molar-refractivity contribution is 7.99. The highest BCUT2D eigenvalue weighted by Gasteiger charge is 2.34. The number of aromatic nitrogens is 3. The summed E-state index contributed by atoms with van der Waals surface area (Å²) in [5.74, 6) is -0.899. The number of nitrogens with zero attached hydrogens (tertiary/aromatic N) is 5. The van der Waals surface area contributed by atoms with Crippen molar-refractivity contribution in [2.75, 3.05) is 18.1 Å². The van der Waals surface area contributed by atoms with Crippen LogP contribution in [0.1, 0.15) is 18.5 Å². The number of aryl methyl sites for hydroxylation is 1. The van der Waals surface area contributed by atoms with E-state index in [4.69, 9.17) is 4.42 Å². The molecule has 3 rings (SSSR count). The fourth-order valence-corrected chi connectivity index (χ4v) is 3.58. The average molecular weight is 408 g/mol. The summed E-state index contributed by atoms with van der Waals surface area (Å²) in [7, 11) is 1.38. The van der Waals surface area contributed by atoms with Crippen LogP contribution in [-0.4, -0.2) is 56.4 Å². The maximum atomic E-state index is 12.2. The molecule has 10 nitrogen and oxygen atoms in total. The van der Waals surface area contributed by atoms with Gasteiger partial charge >= 0.3 is 6.03 Å². The van der Waals surface area contributed by atoms with E-state index in [1.807, 2.05) is 12.3 Å². The van der Waals surface area contributed by atoms with E-state index in [0.717, 1.165) is 22.4 Å². The number of aliphatic imine (C=N–C) groups is 1. The lowest BCUT2D eigenvalue weighted by molar-refractivity contribution is -0.129. The first kappa shape index (κ1) is 19.2. The van der Waals surface area contributed by atoms with Gasteiger partial charge in [0.15, 0.2) is 5.13 Å². The first-order valence-electron chi connectivity index (χ1n) is 7.87. The van der Waals surface area contributed by atoms with Gasteiger partial charge in [0.2, 0.25) is 17.7 Å². The molecule has 1 aliphatic heterocycles. The van der Waals surface area contributed by atoms with E-state index in [-0.39, 0.29) is 35.1 Å². The van der Waals surface area contributed by atoms with Crippen molar-refractivity contribution in [3.05, 3.63) is 17.0 Å². The van der Waals surface area contributed by atoms with Gasteiger partial charge in [0.1, 0.15) is 0 Å². The van der Waals surface area contributed by atoms with Gasteiger partial charge in [0.05, 0.1) is 17.4 Å². The molecule has 0 saturated heterocycles. The van der Waals surface area contributed by atoms with Crippen LogP contribution in [0.3, 0.4) is 0 Å². The molecule has 2 aromatic heterocycles. The van der Waals surface area contributed by atoms with E-state index >= 15 is 0 Å². The SMILES string of the molecule is CC1=NC(=O)N(C)C(=O)C1Cc1nnc(SCC(=O)Nc2nc(C)cs2)o1.